The van der Waals surface area contributed by atoms with Crippen LogP contribution in [-0.2, 0) is 9.53 Å². The molecule has 0 bridgehead atoms. The summed E-state index contributed by atoms with van der Waals surface area (Å²) in [6, 6.07) is 6.48. The highest BCUT2D eigenvalue weighted by Crippen LogP contribution is 2.37. The van der Waals surface area contributed by atoms with Gasteiger partial charge in [0.05, 0.1) is 41.4 Å². The fraction of sp³-hybridized carbons (Fsp3) is 0.528. The maximum absolute atomic E-state index is 13.0. The zero-order chi connectivity index (χ0) is 34.9. The Morgan fingerprint density at radius 1 is 1.04 bits per heavy atom. The summed E-state index contributed by atoms with van der Waals surface area (Å²) in [5.41, 5.74) is 3.04. The van der Waals surface area contributed by atoms with E-state index in [1.807, 2.05) is 63.8 Å². The topological polar surface area (TPSA) is 147 Å². The highest BCUT2D eigenvalue weighted by molar-refractivity contribution is 5.84. The van der Waals surface area contributed by atoms with Crippen LogP contribution in [0.4, 0.5) is 10.6 Å². The Hall–Kier alpha value is -4.99. The molecule has 0 aliphatic carbocycles. The van der Waals surface area contributed by atoms with Crippen molar-refractivity contribution in [3.63, 3.8) is 0 Å². The largest absolute Gasteiger partial charge is 0.444 e. The minimum atomic E-state index is -0.526. The number of ether oxygens (including phenoxy) is 1. The summed E-state index contributed by atoms with van der Waals surface area (Å²) in [5, 5.41) is 22.1. The highest BCUT2D eigenvalue weighted by Gasteiger charge is 2.40. The molecule has 49 heavy (non-hydrogen) atoms. The molecule has 13 nitrogen and oxygen atoms in total. The van der Waals surface area contributed by atoms with Crippen molar-refractivity contribution in [2.45, 2.75) is 91.3 Å². The van der Waals surface area contributed by atoms with Crippen LogP contribution in [0.3, 0.4) is 0 Å². The van der Waals surface area contributed by atoms with Crippen LogP contribution in [0.5, 0.6) is 0 Å². The van der Waals surface area contributed by atoms with Gasteiger partial charge in [-0.15, -0.1) is 0 Å². The number of amides is 2. The van der Waals surface area contributed by atoms with Crippen molar-refractivity contribution in [3.8, 4) is 28.6 Å². The van der Waals surface area contributed by atoms with Crippen LogP contribution in [0, 0.1) is 16.7 Å². The molecule has 2 saturated heterocycles. The van der Waals surface area contributed by atoms with Crippen molar-refractivity contribution >= 4 is 23.3 Å². The lowest BCUT2D eigenvalue weighted by molar-refractivity contribution is -0.133. The Morgan fingerprint density at radius 2 is 1.78 bits per heavy atom. The summed E-state index contributed by atoms with van der Waals surface area (Å²) >= 11 is 0. The number of hydrogen-bond acceptors (Lipinski definition) is 9. The van der Waals surface area contributed by atoms with Gasteiger partial charge in [-0.1, -0.05) is 6.92 Å². The number of aromatic nitrogens is 6. The monoisotopic (exact) mass is 666 g/mol. The van der Waals surface area contributed by atoms with Gasteiger partial charge in [0.1, 0.15) is 28.6 Å². The summed E-state index contributed by atoms with van der Waals surface area (Å²) in [7, 11) is 0. The average molecular weight is 667 g/mol. The Balaban J connectivity index is 1.20. The van der Waals surface area contributed by atoms with Gasteiger partial charge in [-0.3, -0.25) is 9.48 Å². The van der Waals surface area contributed by atoms with Crippen molar-refractivity contribution in [3.05, 3.63) is 48.7 Å². The van der Waals surface area contributed by atoms with E-state index >= 15 is 0 Å². The van der Waals surface area contributed by atoms with Crippen LogP contribution in [0.25, 0.3) is 28.0 Å². The number of nitrogens with one attached hydrogen (secondary N) is 1. The average Bonchev–Trinajstić information content (AvgIpc) is 3.75. The molecule has 13 heteroatoms. The second kappa shape index (κ2) is 13.5. The molecule has 0 spiro atoms. The SMILES string of the molecule is CCC1(C(=O)NC(C)C)CCN(c2ccc(-c3nc(-c4cnn(C5CCN(C(=O)OC(C)(C)C)CC5)c4)cn4ncc(C#N)c34)cn2)CC1. The third-order valence-electron chi connectivity index (χ3n) is 9.65. The quantitative estimate of drug-likeness (QED) is 0.266. The zero-order valence-corrected chi connectivity index (χ0v) is 29.3. The van der Waals surface area contributed by atoms with E-state index in [2.05, 4.69) is 33.4 Å². The molecule has 2 aliphatic heterocycles. The van der Waals surface area contributed by atoms with Gasteiger partial charge in [0.15, 0.2) is 0 Å². The number of carbonyl (C=O) groups excluding carboxylic acids is 2. The molecule has 0 radical (unpaired) electrons. The number of likely N-dealkylation sites (tertiary alicyclic amines) is 1. The number of carbonyl (C=O) groups is 2. The Kier molecular flexibility index (Phi) is 9.33. The second-order valence-electron chi connectivity index (χ2n) is 14.5. The van der Waals surface area contributed by atoms with E-state index in [0.717, 1.165) is 62.1 Å². The van der Waals surface area contributed by atoms with Crippen LogP contribution < -0.4 is 10.2 Å². The number of anilines is 1. The van der Waals surface area contributed by atoms with Crippen molar-refractivity contribution in [1.29, 1.82) is 5.26 Å². The fourth-order valence-corrected chi connectivity index (χ4v) is 6.78. The van der Waals surface area contributed by atoms with Gasteiger partial charge in [-0.05, 0) is 78.9 Å². The summed E-state index contributed by atoms with van der Waals surface area (Å²) in [6.07, 6.45) is 12.5. The number of rotatable bonds is 7. The van der Waals surface area contributed by atoms with Crippen LogP contribution in [-0.4, -0.2) is 84.1 Å². The smallest absolute Gasteiger partial charge is 0.410 e. The molecule has 0 saturated carbocycles. The first-order chi connectivity index (χ1) is 23.4. The lowest BCUT2D eigenvalue weighted by Crippen LogP contribution is -2.50. The summed E-state index contributed by atoms with van der Waals surface area (Å²) in [4.78, 5) is 39.4. The maximum atomic E-state index is 13.0. The predicted molar refractivity (Wildman–Crippen MR) is 186 cm³/mol. The van der Waals surface area contributed by atoms with Gasteiger partial charge < -0.3 is 19.9 Å². The van der Waals surface area contributed by atoms with Crippen molar-refractivity contribution in [1.82, 2.24) is 39.6 Å². The highest BCUT2D eigenvalue weighted by atomic mass is 16.6. The molecule has 2 amide bonds. The minimum Gasteiger partial charge on any atom is -0.444 e. The van der Waals surface area contributed by atoms with Crippen LogP contribution in [0.15, 0.2) is 43.1 Å². The lowest BCUT2D eigenvalue weighted by atomic mass is 9.75. The summed E-state index contributed by atoms with van der Waals surface area (Å²) in [5.74, 6) is 0.990. The molecule has 0 aromatic carbocycles. The Labute approximate surface area is 287 Å². The van der Waals surface area contributed by atoms with Crippen molar-refractivity contribution in [2.75, 3.05) is 31.1 Å². The van der Waals surface area contributed by atoms with E-state index in [1.54, 1.807) is 28.0 Å². The molecule has 4 aromatic heterocycles. The first kappa shape index (κ1) is 33.9. The predicted octanol–water partition coefficient (Wildman–Crippen LogP) is 5.62. The molecule has 1 N–H and O–H groups in total. The number of nitrogens with zero attached hydrogens (tertiary/aromatic N) is 9. The third-order valence-corrected chi connectivity index (χ3v) is 9.65. The van der Waals surface area contributed by atoms with Gasteiger partial charge in [-0.2, -0.15) is 15.5 Å². The first-order valence-corrected chi connectivity index (χ1v) is 17.2. The zero-order valence-electron chi connectivity index (χ0n) is 29.3. The lowest BCUT2D eigenvalue weighted by Gasteiger charge is -2.41. The van der Waals surface area contributed by atoms with Crippen molar-refractivity contribution in [2.24, 2.45) is 5.41 Å². The van der Waals surface area contributed by atoms with E-state index in [1.165, 1.54) is 0 Å². The molecular weight excluding hydrogens is 620 g/mol. The van der Waals surface area contributed by atoms with Crippen LogP contribution in [0.2, 0.25) is 0 Å². The van der Waals surface area contributed by atoms with Crippen LogP contribution in [0.1, 0.15) is 85.3 Å². The molecule has 4 aromatic rings. The Morgan fingerprint density at radius 3 is 2.39 bits per heavy atom. The van der Waals surface area contributed by atoms with Crippen LogP contribution >= 0.6 is 0 Å². The molecule has 0 unspecified atom stereocenters. The second-order valence-corrected chi connectivity index (χ2v) is 14.5. The summed E-state index contributed by atoms with van der Waals surface area (Å²) in [6.45, 7) is 14.4. The Bertz CT molecular complexity index is 1850. The van der Waals surface area contributed by atoms with E-state index in [-0.39, 0.29) is 29.5 Å². The number of pyridine rings is 1. The van der Waals surface area contributed by atoms with Gasteiger partial charge in [0.25, 0.3) is 0 Å². The van der Waals surface area contributed by atoms with Gasteiger partial charge in [-0.25, -0.2) is 19.3 Å². The van der Waals surface area contributed by atoms with Crippen molar-refractivity contribution < 1.29 is 14.3 Å². The summed E-state index contributed by atoms with van der Waals surface area (Å²) < 4.78 is 9.19. The molecule has 0 atom stereocenters. The fourth-order valence-electron chi connectivity index (χ4n) is 6.78. The molecule has 6 rings (SSSR count). The van der Waals surface area contributed by atoms with E-state index in [4.69, 9.17) is 14.7 Å². The molecule has 2 aliphatic rings. The standard InChI is InChI=1S/C36H46N10O3/c1-7-36(33(47)41-24(2)3)12-16-43(17-13-36)30-9-8-25(19-38-30)31-32-26(18-37)20-40-46(32)23-29(42-31)27-21-39-45(22-27)28-10-14-44(15-11-28)34(48)49-35(4,5)6/h8-9,19-24,28H,7,10-17H2,1-6H3,(H,41,47). The molecule has 2 fully saturated rings. The number of piperidine rings is 2. The first-order valence-electron chi connectivity index (χ1n) is 17.2. The molecule has 6 heterocycles. The van der Waals surface area contributed by atoms with E-state index in [9.17, 15) is 14.9 Å². The molecular formula is C36H46N10O3. The van der Waals surface area contributed by atoms with Gasteiger partial charge in [0, 0.05) is 55.7 Å². The minimum absolute atomic E-state index is 0.117. The van der Waals surface area contributed by atoms with Gasteiger partial charge in [0.2, 0.25) is 5.91 Å². The third kappa shape index (κ3) is 7.09. The molecule has 258 valence electrons. The van der Waals surface area contributed by atoms with Gasteiger partial charge >= 0.3 is 6.09 Å². The normalized spacial score (nSPS) is 16.9. The number of nitriles is 1. The van der Waals surface area contributed by atoms with E-state index in [0.29, 0.717) is 35.6 Å². The number of fused-ring (bicyclic) bond motifs is 1. The number of hydrogen-bond donors (Lipinski definition) is 1. The van der Waals surface area contributed by atoms with E-state index < -0.39 is 5.60 Å². The maximum Gasteiger partial charge on any atom is 0.410 e.